The first kappa shape index (κ1) is 22.3. The van der Waals surface area contributed by atoms with Gasteiger partial charge in [-0.3, -0.25) is 9.88 Å². The fourth-order valence-corrected chi connectivity index (χ4v) is 4.27. The minimum Gasteiger partial charge on any atom is -0.495 e. The number of pyridine rings is 1. The quantitative estimate of drug-likeness (QED) is 0.553. The van der Waals surface area contributed by atoms with E-state index < -0.39 is 18.1 Å². The number of hydrogen-bond acceptors (Lipinski definition) is 5. The molecule has 0 saturated carbocycles. The molecule has 7 nitrogen and oxygen atoms in total. The number of carbonyl (C=O) groups is 2. The lowest BCUT2D eigenvalue weighted by atomic mass is 9.98. The van der Waals surface area contributed by atoms with Crippen LogP contribution in [0.15, 0.2) is 66.9 Å². The Balaban J connectivity index is 1.41. The van der Waals surface area contributed by atoms with E-state index in [9.17, 15) is 14.7 Å². The number of aliphatic carboxylic acids is 1. The topological polar surface area (TPSA) is 89.0 Å². The third-order valence-corrected chi connectivity index (χ3v) is 6.08. The summed E-state index contributed by atoms with van der Waals surface area (Å²) in [7, 11) is 3.01. The van der Waals surface area contributed by atoms with Crippen molar-refractivity contribution in [2.75, 3.05) is 20.8 Å². The number of ether oxygens (including phenoxy) is 2. The summed E-state index contributed by atoms with van der Waals surface area (Å²) in [5.74, 6) is -0.537. The van der Waals surface area contributed by atoms with Crippen LogP contribution in [0.3, 0.4) is 0 Å². The first-order valence-electron chi connectivity index (χ1n) is 10.8. The van der Waals surface area contributed by atoms with Gasteiger partial charge in [0, 0.05) is 18.7 Å². The number of benzene rings is 2. The molecule has 3 aromatic rings. The molecule has 0 bridgehead atoms. The van der Waals surface area contributed by atoms with Gasteiger partial charge >= 0.3 is 12.1 Å². The molecule has 1 aliphatic carbocycles. The zero-order valence-electron chi connectivity index (χ0n) is 18.6. The molecule has 0 fully saturated rings. The van der Waals surface area contributed by atoms with Gasteiger partial charge in [0.05, 0.1) is 13.3 Å². The normalized spacial score (nSPS) is 13.0. The SMILES string of the molecule is COc1ccc(CC[C@@H](C(=O)O)N(C)C(=O)OCC2c3ccccc3-c3ccccc32)nc1. The molecule has 1 atom stereocenters. The van der Waals surface area contributed by atoms with Crippen molar-refractivity contribution in [3.05, 3.63) is 83.7 Å². The van der Waals surface area contributed by atoms with Crippen LogP contribution >= 0.6 is 0 Å². The first-order chi connectivity index (χ1) is 16.0. The molecule has 0 unspecified atom stereocenters. The van der Waals surface area contributed by atoms with Crippen LogP contribution in [0, 0.1) is 0 Å². The number of carbonyl (C=O) groups excluding carboxylic acids is 1. The first-order valence-corrected chi connectivity index (χ1v) is 10.8. The highest BCUT2D eigenvalue weighted by atomic mass is 16.6. The Hall–Kier alpha value is -3.87. The second kappa shape index (κ2) is 9.73. The monoisotopic (exact) mass is 446 g/mol. The molecule has 0 radical (unpaired) electrons. The molecule has 1 N–H and O–H groups in total. The lowest BCUT2D eigenvalue weighted by molar-refractivity contribution is -0.142. The van der Waals surface area contributed by atoms with E-state index in [2.05, 4.69) is 17.1 Å². The van der Waals surface area contributed by atoms with E-state index in [0.29, 0.717) is 12.2 Å². The number of fused-ring (bicyclic) bond motifs is 3. The number of methoxy groups -OCH3 is 1. The van der Waals surface area contributed by atoms with Crippen molar-refractivity contribution in [2.45, 2.75) is 24.8 Å². The highest BCUT2D eigenvalue weighted by molar-refractivity contribution is 5.81. The molecule has 0 aliphatic heterocycles. The minimum absolute atomic E-state index is 0.0819. The summed E-state index contributed by atoms with van der Waals surface area (Å²) in [4.78, 5) is 30.1. The van der Waals surface area contributed by atoms with E-state index >= 15 is 0 Å². The molecular weight excluding hydrogens is 420 g/mol. The molecule has 170 valence electrons. The van der Waals surface area contributed by atoms with E-state index in [0.717, 1.165) is 32.8 Å². The second-order valence-electron chi connectivity index (χ2n) is 8.00. The Labute approximate surface area is 192 Å². The van der Waals surface area contributed by atoms with E-state index in [-0.39, 0.29) is 18.9 Å². The molecule has 4 rings (SSSR count). The predicted octanol–water partition coefficient (Wildman–Crippen LogP) is 4.36. The Bertz CT molecular complexity index is 1100. The number of nitrogens with zero attached hydrogens (tertiary/aromatic N) is 2. The molecule has 1 aromatic heterocycles. The smallest absolute Gasteiger partial charge is 0.410 e. The molecule has 33 heavy (non-hydrogen) atoms. The summed E-state index contributed by atoms with van der Waals surface area (Å²) in [6.45, 7) is 0.142. The van der Waals surface area contributed by atoms with Crippen molar-refractivity contribution in [2.24, 2.45) is 0 Å². The van der Waals surface area contributed by atoms with Gasteiger partial charge in [-0.15, -0.1) is 0 Å². The Morgan fingerprint density at radius 3 is 2.21 bits per heavy atom. The number of carboxylic acid groups (broad SMARTS) is 1. The van der Waals surface area contributed by atoms with Crippen molar-refractivity contribution in [3.8, 4) is 16.9 Å². The zero-order valence-corrected chi connectivity index (χ0v) is 18.6. The fraction of sp³-hybridized carbons (Fsp3) is 0.269. The molecule has 7 heteroatoms. The van der Waals surface area contributed by atoms with Gasteiger partial charge in [0.1, 0.15) is 18.4 Å². The maximum absolute atomic E-state index is 12.8. The summed E-state index contributed by atoms with van der Waals surface area (Å²) in [5.41, 5.74) is 5.21. The Morgan fingerprint density at radius 2 is 1.67 bits per heavy atom. The molecule has 1 heterocycles. The number of aryl methyl sites for hydroxylation is 1. The van der Waals surface area contributed by atoms with Gasteiger partial charge in [-0.05, 0) is 47.2 Å². The lowest BCUT2D eigenvalue weighted by Gasteiger charge is -2.25. The summed E-state index contributed by atoms with van der Waals surface area (Å²) >= 11 is 0. The highest BCUT2D eigenvalue weighted by Crippen LogP contribution is 2.44. The minimum atomic E-state index is -1.08. The zero-order chi connectivity index (χ0) is 23.4. The van der Waals surface area contributed by atoms with Gasteiger partial charge in [0.2, 0.25) is 0 Å². The van der Waals surface area contributed by atoms with E-state index in [1.54, 1.807) is 25.4 Å². The molecule has 0 saturated heterocycles. The van der Waals surface area contributed by atoms with E-state index in [1.165, 1.54) is 7.05 Å². The molecule has 2 aromatic carbocycles. The Kier molecular flexibility index (Phi) is 6.58. The number of amides is 1. The third kappa shape index (κ3) is 4.67. The van der Waals surface area contributed by atoms with Gasteiger partial charge in [0.25, 0.3) is 0 Å². The van der Waals surface area contributed by atoms with Gasteiger partial charge in [-0.2, -0.15) is 0 Å². The number of hydrogen-bond donors (Lipinski definition) is 1. The maximum atomic E-state index is 12.8. The van der Waals surface area contributed by atoms with Crippen LogP contribution in [0.5, 0.6) is 5.75 Å². The molecule has 1 aliphatic rings. The number of carboxylic acids is 1. The van der Waals surface area contributed by atoms with Crippen molar-refractivity contribution in [1.82, 2.24) is 9.88 Å². The largest absolute Gasteiger partial charge is 0.495 e. The number of aromatic nitrogens is 1. The molecular formula is C26H26N2O5. The van der Waals surface area contributed by atoms with Crippen molar-refractivity contribution in [1.29, 1.82) is 0 Å². The maximum Gasteiger partial charge on any atom is 0.410 e. The summed E-state index contributed by atoms with van der Waals surface area (Å²) in [5, 5.41) is 9.70. The number of rotatable bonds is 8. The molecule has 1 amide bonds. The van der Waals surface area contributed by atoms with Crippen LogP contribution < -0.4 is 4.74 Å². The average Bonchev–Trinajstić information content (AvgIpc) is 3.16. The van der Waals surface area contributed by atoms with Crippen LogP contribution in [-0.4, -0.2) is 53.9 Å². The van der Waals surface area contributed by atoms with Crippen LogP contribution in [-0.2, 0) is 16.0 Å². The van der Waals surface area contributed by atoms with Crippen molar-refractivity contribution < 1.29 is 24.2 Å². The summed E-state index contributed by atoms with van der Waals surface area (Å²) in [6.07, 6.45) is 1.55. The van der Waals surface area contributed by atoms with Crippen LogP contribution in [0.25, 0.3) is 11.1 Å². The predicted molar refractivity (Wildman–Crippen MR) is 123 cm³/mol. The van der Waals surface area contributed by atoms with Crippen molar-refractivity contribution in [3.63, 3.8) is 0 Å². The van der Waals surface area contributed by atoms with E-state index in [1.807, 2.05) is 36.4 Å². The standard InChI is InChI=1S/C26H26N2O5/c1-28(24(25(29)30)14-12-17-11-13-18(32-2)15-27-17)26(31)33-16-23-21-9-5-3-7-19(21)20-8-4-6-10-22(20)23/h3-11,13,15,23-24H,12,14,16H2,1-2H3,(H,29,30)/t24-/m0/s1. The van der Waals surface area contributed by atoms with E-state index in [4.69, 9.17) is 9.47 Å². The third-order valence-electron chi connectivity index (χ3n) is 6.08. The average molecular weight is 447 g/mol. The molecule has 0 spiro atoms. The lowest BCUT2D eigenvalue weighted by Crippen LogP contribution is -2.43. The van der Waals surface area contributed by atoms with Crippen LogP contribution in [0.1, 0.15) is 29.2 Å². The summed E-state index contributed by atoms with van der Waals surface area (Å²) in [6, 6.07) is 18.7. The van der Waals surface area contributed by atoms with Gasteiger partial charge in [0.15, 0.2) is 0 Å². The van der Waals surface area contributed by atoms with Crippen LogP contribution in [0.4, 0.5) is 4.79 Å². The Morgan fingerprint density at radius 1 is 1.03 bits per heavy atom. The summed E-state index contributed by atoms with van der Waals surface area (Å²) < 4.78 is 10.7. The van der Waals surface area contributed by atoms with Gasteiger partial charge in [-0.25, -0.2) is 9.59 Å². The number of likely N-dealkylation sites (N-methyl/N-ethyl adjacent to an activating group) is 1. The second-order valence-corrected chi connectivity index (χ2v) is 8.00. The fourth-order valence-electron chi connectivity index (χ4n) is 4.27. The van der Waals surface area contributed by atoms with Crippen molar-refractivity contribution >= 4 is 12.1 Å². The van der Waals surface area contributed by atoms with Gasteiger partial charge < -0.3 is 14.6 Å². The van der Waals surface area contributed by atoms with Crippen LogP contribution in [0.2, 0.25) is 0 Å². The van der Waals surface area contributed by atoms with Gasteiger partial charge in [-0.1, -0.05) is 48.5 Å². The highest BCUT2D eigenvalue weighted by Gasteiger charge is 2.31.